The van der Waals surface area contributed by atoms with Crippen LogP contribution in [-0.4, -0.2) is 17.0 Å². The molecule has 1 aromatic carbocycles. The number of hydrogen-bond donors (Lipinski definition) is 1. The maximum absolute atomic E-state index is 13.1. The number of nitrogens with one attached hydrogen (secondary N) is 1. The average Bonchev–Trinajstić information content (AvgIpc) is 2.37. The van der Waals surface area contributed by atoms with Gasteiger partial charge in [-0.05, 0) is 25.1 Å². The maximum atomic E-state index is 13.1. The highest BCUT2D eigenvalue weighted by molar-refractivity contribution is 5.60. The van der Waals surface area contributed by atoms with Gasteiger partial charge < -0.3 is 5.32 Å². The molecule has 2 aromatic rings. The molecule has 1 N–H and O–H groups in total. The Kier molecular flexibility index (Phi) is 3.57. The Labute approximate surface area is 110 Å². The molecule has 96 valence electrons. The molecule has 5 nitrogen and oxygen atoms in total. The van der Waals surface area contributed by atoms with Gasteiger partial charge in [0.1, 0.15) is 23.3 Å². The molecule has 0 bridgehead atoms. The third-order valence-corrected chi connectivity index (χ3v) is 2.42. The predicted octanol–water partition coefficient (Wildman–Crippen LogP) is 2.59. The summed E-state index contributed by atoms with van der Waals surface area (Å²) in [6.07, 6.45) is 1.96. The van der Waals surface area contributed by atoms with Crippen molar-refractivity contribution in [3.8, 4) is 6.19 Å². The van der Waals surface area contributed by atoms with Gasteiger partial charge in [-0.1, -0.05) is 6.07 Å². The summed E-state index contributed by atoms with van der Waals surface area (Å²) in [5.41, 5.74) is 0.587. The summed E-state index contributed by atoms with van der Waals surface area (Å²) >= 11 is 0. The molecular formula is C13H12FN5. The molecule has 1 aromatic heterocycles. The third-order valence-electron chi connectivity index (χ3n) is 2.42. The summed E-state index contributed by atoms with van der Waals surface area (Å²) in [6, 6.07) is 7.69. The average molecular weight is 257 g/mol. The smallest absolute Gasteiger partial charge is 0.185 e. The van der Waals surface area contributed by atoms with Gasteiger partial charge in [0, 0.05) is 18.8 Å². The molecule has 0 radical (unpaired) electrons. The molecule has 0 amide bonds. The van der Waals surface area contributed by atoms with Crippen LogP contribution in [0, 0.1) is 24.2 Å². The van der Waals surface area contributed by atoms with E-state index in [1.807, 2.05) is 6.19 Å². The zero-order chi connectivity index (χ0) is 13.8. The van der Waals surface area contributed by atoms with Crippen LogP contribution in [-0.2, 0) is 0 Å². The van der Waals surface area contributed by atoms with Crippen molar-refractivity contribution in [3.63, 3.8) is 0 Å². The van der Waals surface area contributed by atoms with E-state index < -0.39 is 0 Å². The fourth-order valence-electron chi connectivity index (χ4n) is 1.55. The molecule has 6 heteroatoms. The summed E-state index contributed by atoms with van der Waals surface area (Å²) in [4.78, 5) is 9.66. The van der Waals surface area contributed by atoms with Crippen molar-refractivity contribution in [2.24, 2.45) is 0 Å². The minimum absolute atomic E-state index is 0.329. The van der Waals surface area contributed by atoms with Crippen LogP contribution in [0.2, 0.25) is 0 Å². The summed E-state index contributed by atoms with van der Waals surface area (Å²) in [6.45, 7) is 1.73. The summed E-state index contributed by atoms with van der Waals surface area (Å²) in [5.74, 6) is 1.19. The molecule has 0 spiro atoms. The second-order valence-electron chi connectivity index (χ2n) is 3.95. The second-order valence-corrected chi connectivity index (χ2v) is 3.95. The van der Waals surface area contributed by atoms with Gasteiger partial charge in [0.15, 0.2) is 6.19 Å². The standard InChI is InChI=1S/C13H12FN5/c1-9-16-12(7-13(17-9)19(2)8-15)18-11-5-3-4-10(14)6-11/h3-7H,1-2H3,(H,16,17,18). The number of rotatable bonds is 3. The van der Waals surface area contributed by atoms with E-state index in [4.69, 9.17) is 5.26 Å². The van der Waals surface area contributed by atoms with Crippen LogP contribution in [0.4, 0.5) is 21.7 Å². The Morgan fingerprint density at radius 2 is 2.11 bits per heavy atom. The maximum Gasteiger partial charge on any atom is 0.185 e. The molecule has 2 rings (SSSR count). The number of hydrogen-bond acceptors (Lipinski definition) is 5. The molecule has 1 heterocycles. The zero-order valence-corrected chi connectivity index (χ0v) is 10.6. The normalized spacial score (nSPS) is 9.79. The summed E-state index contributed by atoms with van der Waals surface area (Å²) in [7, 11) is 1.60. The lowest BCUT2D eigenvalue weighted by molar-refractivity contribution is 0.628. The van der Waals surface area contributed by atoms with Crippen molar-refractivity contribution in [2.45, 2.75) is 6.92 Å². The lowest BCUT2D eigenvalue weighted by Crippen LogP contribution is -2.12. The van der Waals surface area contributed by atoms with Crippen molar-refractivity contribution in [2.75, 3.05) is 17.3 Å². The van der Waals surface area contributed by atoms with Crippen LogP contribution in [0.25, 0.3) is 0 Å². The van der Waals surface area contributed by atoms with E-state index in [9.17, 15) is 4.39 Å². The number of benzene rings is 1. The molecular weight excluding hydrogens is 245 g/mol. The molecule has 0 aliphatic rings. The highest BCUT2D eigenvalue weighted by Gasteiger charge is 2.06. The number of halogens is 1. The van der Waals surface area contributed by atoms with Crippen molar-refractivity contribution >= 4 is 17.3 Å². The van der Waals surface area contributed by atoms with E-state index in [1.165, 1.54) is 17.0 Å². The van der Waals surface area contributed by atoms with Crippen LogP contribution in [0.15, 0.2) is 30.3 Å². The second kappa shape index (κ2) is 5.31. The molecule has 0 atom stereocenters. The topological polar surface area (TPSA) is 64.8 Å². The zero-order valence-electron chi connectivity index (χ0n) is 10.6. The first-order valence-corrected chi connectivity index (χ1v) is 5.60. The van der Waals surface area contributed by atoms with Crippen LogP contribution in [0.5, 0.6) is 0 Å². The molecule has 0 unspecified atom stereocenters. The van der Waals surface area contributed by atoms with E-state index in [0.29, 0.717) is 23.1 Å². The minimum Gasteiger partial charge on any atom is -0.340 e. The van der Waals surface area contributed by atoms with Gasteiger partial charge >= 0.3 is 0 Å². The van der Waals surface area contributed by atoms with E-state index in [-0.39, 0.29) is 5.82 Å². The van der Waals surface area contributed by atoms with Crippen LogP contribution < -0.4 is 10.2 Å². The Morgan fingerprint density at radius 1 is 1.32 bits per heavy atom. The van der Waals surface area contributed by atoms with Gasteiger partial charge in [0.05, 0.1) is 0 Å². The van der Waals surface area contributed by atoms with E-state index in [1.54, 1.807) is 32.2 Å². The Bertz CT molecular complexity index is 635. The number of aryl methyl sites for hydroxylation is 1. The Balaban J connectivity index is 2.30. The van der Waals surface area contributed by atoms with Gasteiger partial charge in [-0.3, -0.25) is 4.90 Å². The Hall–Kier alpha value is -2.68. The van der Waals surface area contributed by atoms with E-state index in [2.05, 4.69) is 15.3 Å². The van der Waals surface area contributed by atoms with E-state index in [0.717, 1.165) is 0 Å². The third kappa shape index (κ3) is 3.16. The fraction of sp³-hybridized carbons (Fsp3) is 0.154. The summed E-state index contributed by atoms with van der Waals surface area (Å²) in [5, 5.41) is 11.8. The highest BCUT2D eigenvalue weighted by atomic mass is 19.1. The largest absolute Gasteiger partial charge is 0.340 e. The number of anilines is 3. The van der Waals surface area contributed by atoms with E-state index >= 15 is 0 Å². The van der Waals surface area contributed by atoms with Gasteiger partial charge in [0.25, 0.3) is 0 Å². The molecule has 19 heavy (non-hydrogen) atoms. The monoisotopic (exact) mass is 257 g/mol. The molecule has 0 saturated carbocycles. The molecule has 0 saturated heterocycles. The lowest BCUT2D eigenvalue weighted by atomic mass is 10.3. The first-order chi connectivity index (χ1) is 9.08. The van der Waals surface area contributed by atoms with Crippen LogP contribution in [0.3, 0.4) is 0 Å². The predicted molar refractivity (Wildman–Crippen MR) is 70.5 cm³/mol. The number of aromatic nitrogens is 2. The quantitative estimate of drug-likeness (QED) is 0.676. The number of nitriles is 1. The van der Waals surface area contributed by atoms with Crippen molar-refractivity contribution in [3.05, 3.63) is 42.0 Å². The van der Waals surface area contributed by atoms with Gasteiger partial charge in [0.2, 0.25) is 0 Å². The first kappa shape index (κ1) is 12.8. The highest BCUT2D eigenvalue weighted by Crippen LogP contribution is 2.19. The van der Waals surface area contributed by atoms with Gasteiger partial charge in [-0.2, -0.15) is 5.26 Å². The minimum atomic E-state index is -0.329. The molecule has 0 aliphatic heterocycles. The van der Waals surface area contributed by atoms with Gasteiger partial charge in [-0.25, -0.2) is 14.4 Å². The van der Waals surface area contributed by atoms with Crippen molar-refractivity contribution in [1.82, 2.24) is 9.97 Å². The lowest BCUT2D eigenvalue weighted by Gasteiger charge is -2.11. The van der Waals surface area contributed by atoms with Gasteiger partial charge in [-0.15, -0.1) is 0 Å². The fourth-order valence-corrected chi connectivity index (χ4v) is 1.55. The Morgan fingerprint density at radius 3 is 2.79 bits per heavy atom. The summed E-state index contributed by atoms with van der Waals surface area (Å²) < 4.78 is 13.1. The van der Waals surface area contributed by atoms with Crippen LogP contribution >= 0.6 is 0 Å². The molecule has 0 fully saturated rings. The van der Waals surface area contributed by atoms with Crippen molar-refractivity contribution in [1.29, 1.82) is 5.26 Å². The molecule has 0 aliphatic carbocycles. The van der Waals surface area contributed by atoms with Crippen molar-refractivity contribution < 1.29 is 4.39 Å². The first-order valence-electron chi connectivity index (χ1n) is 5.60. The number of nitrogens with zero attached hydrogens (tertiary/aromatic N) is 4. The SMILES string of the molecule is Cc1nc(Nc2cccc(F)c2)cc(N(C)C#N)n1. The van der Waals surface area contributed by atoms with Crippen LogP contribution in [0.1, 0.15) is 5.82 Å².